The monoisotopic (exact) mass is 239 g/mol. The summed E-state index contributed by atoms with van der Waals surface area (Å²) in [6, 6.07) is 7.79. The molecule has 1 heterocycles. The van der Waals surface area contributed by atoms with E-state index in [1.807, 2.05) is 24.3 Å². The first kappa shape index (κ1) is 8.91. The van der Waals surface area contributed by atoms with Crippen LogP contribution >= 0.6 is 15.9 Å². The normalized spacial score (nSPS) is 22.2. The van der Waals surface area contributed by atoms with Crippen molar-refractivity contribution in [3.8, 4) is 0 Å². The summed E-state index contributed by atoms with van der Waals surface area (Å²) in [5.74, 6) is 0.290. The van der Waals surface area contributed by atoms with Crippen molar-refractivity contribution in [1.82, 2.24) is 5.32 Å². The maximum atomic E-state index is 11.4. The van der Waals surface area contributed by atoms with Crippen LogP contribution < -0.4 is 5.32 Å². The zero-order valence-corrected chi connectivity index (χ0v) is 8.67. The first-order valence-corrected chi connectivity index (χ1v) is 5.08. The molecule has 1 N–H and O–H groups in total. The van der Waals surface area contributed by atoms with E-state index >= 15 is 0 Å². The highest BCUT2D eigenvalue weighted by molar-refractivity contribution is 9.10. The summed E-state index contributed by atoms with van der Waals surface area (Å²) < 4.78 is 1.02. The molecule has 2 rings (SSSR count). The number of carbonyl (C=O) groups excluding carboxylic acids is 1. The van der Waals surface area contributed by atoms with Gasteiger partial charge in [0.1, 0.15) is 0 Å². The molecular formula is C10H10BrNO. The van der Waals surface area contributed by atoms with Gasteiger partial charge in [0, 0.05) is 17.4 Å². The molecule has 1 atom stereocenters. The minimum atomic E-state index is -0.0856. The summed E-state index contributed by atoms with van der Waals surface area (Å²) in [5.41, 5.74) is 1.05. The molecule has 1 aliphatic rings. The standard InChI is InChI=1S/C10H10BrNO/c11-8-3-1-2-7(6-8)10-9(13)4-5-12-10/h1-3,6,10,12H,4-5H2. The molecule has 1 saturated heterocycles. The fraction of sp³-hybridized carbons (Fsp3) is 0.300. The molecule has 0 amide bonds. The number of nitrogens with one attached hydrogen (secondary N) is 1. The average Bonchev–Trinajstić information content (AvgIpc) is 2.51. The number of ketones is 1. The fourth-order valence-electron chi connectivity index (χ4n) is 1.59. The lowest BCUT2D eigenvalue weighted by Crippen LogP contribution is -2.17. The molecule has 2 nitrogen and oxygen atoms in total. The Morgan fingerprint density at radius 1 is 1.46 bits per heavy atom. The highest BCUT2D eigenvalue weighted by Crippen LogP contribution is 2.22. The average molecular weight is 240 g/mol. The zero-order chi connectivity index (χ0) is 9.26. The summed E-state index contributed by atoms with van der Waals surface area (Å²) in [7, 11) is 0. The van der Waals surface area contributed by atoms with Gasteiger partial charge in [0.2, 0.25) is 0 Å². The Morgan fingerprint density at radius 2 is 2.31 bits per heavy atom. The van der Waals surface area contributed by atoms with Crippen molar-refractivity contribution < 1.29 is 4.79 Å². The van der Waals surface area contributed by atoms with Crippen LogP contribution in [0.1, 0.15) is 18.0 Å². The van der Waals surface area contributed by atoms with Crippen LogP contribution in [0.5, 0.6) is 0 Å². The van der Waals surface area contributed by atoms with E-state index in [1.54, 1.807) is 0 Å². The Hall–Kier alpha value is -0.670. The highest BCUT2D eigenvalue weighted by atomic mass is 79.9. The van der Waals surface area contributed by atoms with Crippen LogP contribution in [0.4, 0.5) is 0 Å². The minimum Gasteiger partial charge on any atom is -0.303 e. The molecule has 0 aromatic heterocycles. The third-order valence-electron chi connectivity index (χ3n) is 2.22. The third-order valence-corrected chi connectivity index (χ3v) is 2.72. The molecule has 0 saturated carbocycles. The molecule has 1 aromatic rings. The summed E-state index contributed by atoms with van der Waals surface area (Å²) in [6.45, 7) is 0.802. The smallest absolute Gasteiger partial charge is 0.155 e. The van der Waals surface area contributed by atoms with Crippen molar-refractivity contribution in [2.45, 2.75) is 12.5 Å². The predicted octanol–water partition coefficient (Wildman–Crippen LogP) is 2.05. The Labute approximate surface area is 85.5 Å². The fourth-order valence-corrected chi connectivity index (χ4v) is 2.00. The van der Waals surface area contributed by atoms with E-state index in [2.05, 4.69) is 21.2 Å². The van der Waals surface area contributed by atoms with Gasteiger partial charge in [0.05, 0.1) is 6.04 Å². The molecule has 13 heavy (non-hydrogen) atoms. The van der Waals surface area contributed by atoms with Crippen LogP contribution in [0.15, 0.2) is 28.7 Å². The highest BCUT2D eigenvalue weighted by Gasteiger charge is 2.24. The van der Waals surface area contributed by atoms with Crippen LogP contribution in [-0.4, -0.2) is 12.3 Å². The summed E-state index contributed by atoms with van der Waals surface area (Å²) in [4.78, 5) is 11.4. The van der Waals surface area contributed by atoms with Crippen molar-refractivity contribution in [3.05, 3.63) is 34.3 Å². The lowest BCUT2D eigenvalue weighted by molar-refractivity contribution is -0.118. The van der Waals surface area contributed by atoms with Gasteiger partial charge in [-0.05, 0) is 17.7 Å². The van der Waals surface area contributed by atoms with Crippen LogP contribution in [0, 0.1) is 0 Å². The molecule has 0 bridgehead atoms. The van der Waals surface area contributed by atoms with Crippen LogP contribution in [0.3, 0.4) is 0 Å². The van der Waals surface area contributed by atoms with Crippen LogP contribution in [0.2, 0.25) is 0 Å². The lowest BCUT2D eigenvalue weighted by atomic mass is 10.0. The second-order valence-electron chi connectivity index (χ2n) is 3.16. The number of hydrogen-bond donors (Lipinski definition) is 1. The van der Waals surface area contributed by atoms with E-state index in [4.69, 9.17) is 0 Å². The van der Waals surface area contributed by atoms with E-state index in [0.717, 1.165) is 16.6 Å². The molecule has 0 radical (unpaired) electrons. The Morgan fingerprint density at radius 3 is 2.92 bits per heavy atom. The van der Waals surface area contributed by atoms with Crippen molar-refractivity contribution in [1.29, 1.82) is 0 Å². The second-order valence-corrected chi connectivity index (χ2v) is 4.07. The second kappa shape index (κ2) is 3.60. The molecule has 0 aliphatic carbocycles. The topological polar surface area (TPSA) is 29.1 Å². The Balaban J connectivity index is 2.29. The van der Waals surface area contributed by atoms with E-state index in [9.17, 15) is 4.79 Å². The number of benzene rings is 1. The summed E-state index contributed by atoms with van der Waals surface area (Å²) in [6.07, 6.45) is 0.650. The predicted molar refractivity (Wildman–Crippen MR) is 54.5 cm³/mol. The molecule has 0 spiro atoms. The minimum absolute atomic E-state index is 0.0856. The summed E-state index contributed by atoms with van der Waals surface area (Å²) >= 11 is 3.39. The first-order valence-electron chi connectivity index (χ1n) is 4.29. The van der Waals surface area contributed by atoms with Crippen molar-refractivity contribution in [2.75, 3.05) is 6.54 Å². The van der Waals surface area contributed by atoms with Crippen LogP contribution in [-0.2, 0) is 4.79 Å². The summed E-state index contributed by atoms with van der Waals surface area (Å²) in [5, 5.41) is 3.18. The SMILES string of the molecule is O=C1CCNC1c1cccc(Br)c1. The molecule has 1 aromatic carbocycles. The lowest BCUT2D eigenvalue weighted by Gasteiger charge is -2.08. The van der Waals surface area contributed by atoms with Gasteiger partial charge < -0.3 is 5.32 Å². The molecule has 1 fully saturated rings. The number of hydrogen-bond acceptors (Lipinski definition) is 2. The Kier molecular flexibility index (Phi) is 2.47. The number of Topliss-reactive ketones (excluding diaryl/α,β-unsaturated/α-hetero) is 1. The molecule has 1 aliphatic heterocycles. The third kappa shape index (κ3) is 1.81. The van der Waals surface area contributed by atoms with E-state index in [0.29, 0.717) is 6.42 Å². The molecule has 3 heteroatoms. The van der Waals surface area contributed by atoms with Crippen molar-refractivity contribution >= 4 is 21.7 Å². The van der Waals surface area contributed by atoms with Gasteiger partial charge in [-0.25, -0.2) is 0 Å². The molecule has 68 valence electrons. The zero-order valence-electron chi connectivity index (χ0n) is 7.09. The van der Waals surface area contributed by atoms with Gasteiger partial charge in [0.15, 0.2) is 5.78 Å². The van der Waals surface area contributed by atoms with E-state index < -0.39 is 0 Å². The molecule has 1 unspecified atom stereocenters. The Bertz CT molecular complexity index is 337. The van der Waals surface area contributed by atoms with E-state index in [-0.39, 0.29) is 11.8 Å². The van der Waals surface area contributed by atoms with Gasteiger partial charge in [0.25, 0.3) is 0 Å². The first-order chi connectivity index (χ1) is 6.27. The number of halogens is 1. The molecular weight excluding hydrogens is 230 g/mol. The number of rotatable bonds is 1. The number of carbonyl (C=O) groups is 1. The largest absolute Gasteiger partial charge is 0.303 e. The van der Waals surface area contributed by atoms with Gasteiger partial charge in [-0.15, -0.1) is 0 Å². The van der Waals surface area contributed by atoms with Gasteiger partial charge in [-0.3, -0.25) is 4.79 Å². The van der Waals surface area contributed by atoms with Gasteiger partial charge >= 0.3 is 0 Å². The maximum absolute atomic E-state index is 11.4. The quantitative estimate of drug-likeness (QED) is 0.813. The van der Waals surface area contributed by atoms with Gasteiger partial charge in [-0.2, -0.15) is 0 Å². The van der Waals surface area contributed by atoms with Crippen molar-refractivity contribution in [2.24, 2.45) is 0 Å². The maximum Gasteiger partial charge on any atom is 0.155 e. The van der Waals surface area contributed by atoms with Gasteiger partial charge in [-0.1, -0.05) is 28.1 Å². The van der Waals surface area contributed by atoms with Crippen LogP contribution in [0.25, 0.3) is 0 Å². The van der Waals surface area contributed by atoms with Crippen molar-refractivity contribution in [3.63, 3.8) is 0 Å². The van der Waals surface area contributed by atoms with E-state index in [1.165, 1.54) is 0 Å².